The summed E-state index contributed by atoms with van der Waals surface area (Å²) in [7, 11) is 7.44. The molecular weight excluding hydrogens is 354 g/mol. The highest BCUT2D eigenvalue weighted by Gasteiger charge is 2.34. The molecule has 1 unspecified atom stereocenters. The molecule has 4 amide bonds. The van der Waals surface area contributed by atoms with Crippen LogP contribution in [0, 0.1) is 0 Å². The summed E-state index contributed by atoms with van der Waals surface area (Å²) in [6, 6.07) is 2.92. The normalized spacial score (nSPS) is 17.3. The lowest BCUT2D eigenvalue weighted by Gasteiger charge is -2.36. The van der Waals surface area contributed by atoms with Gasteiger partial charge in [-0.3, -0.25) is 14.5 Å². The molecule has 1 aliphatic heterocycles. The van der Waals surface area contributed by atoms with Crippen LogP contribution in [0.2, 0.25) is 0 Å². The Bertz CT molecular complexity index is 751. The molecule has 1 N–H and O–H groups in total. The highest BCUT2D eigenvalue weighted by atomic mass is 16.5. The zero-order valence-corrected chi connectivity index (χ0v) is 15.9. The van der Waals surface area contributed by atoms with Crippen molar-refractivity contribution in [2.45, 2.75) is 12.6 Å². The number of nitrogens with zero attached hydrogens (tertiary/aromatic N) is 2. The molecule has 1 fully saturated rings. The van der Waals surface area contributed by atoms with Gasteiger partial charge in [0.15, 0.2) is 11.5 Å². The molecule has 146 valence electrons. The highest BCUT2D eigenvalue weighted by molar-refractivity contribution is 5.98. The first-order chi connectivity index (χ1) is 12.8. The van der Waals surface area contributed by atoms with Crippen molar-refractivity contribution in [2.75, 3.05) is 35.4 Å². The summed E-state index contributed by atoms with van der Waals surface area (Å²) < 4.78 is 15.8. The van der Waals surface area contributed by atoms with Crippen LogP contribution in [-0.4, -0.2) is 69.2 Å². The Kier molecular flexibility index (Phi) is 6.27. The minimum Gasteiger partial charge on any atom is -0.493 e. The molecule has 0 radical (unpaired) electrons. The molecule has 1 aromatic rings. The molecule has 2 rings (SSSR count). The van der Waals surface area contributed by atoms with E-state index in [2.05, 4.69) is 5.32 Å². The van der Waals surface area contributed by atoms with E-state index in [4.69, 9.17) is 14.2 Å². The van der Waals surface area contributed by atoms with Crippen LogP contribution in [0.4, 0.5) is 4.79 Å². The van der Waals surface area contributed by atoms with Crippen molar-refractivity contribution in [3.05, 3.63) is 23.8 Å². The maximum atomic E-state index is 12.2. The number of hydrogen-bond donors (Lipinski definition) is 1. The van der Waals surface area contributed by atoms with Crippen LogP contribution in [-0.2, 0) is 9.59 Å². The number of rotatable bonds is 6. The molecule has 0 aliphatic carbocycles. The van der Waals surface area contributed by atoms with Crippen molar-refractivity contribution < 1.29 is 28.6 Å². The van der Waals surface area contributed by atoms with Crippen LogP contribution in [0.1, 0.15) is 12.0 Å². The van der Waals surface area contributed by atoms with Gasteiger partial charge in [0.25, 0.3) is 0 Å². The SMILES string of the molecule is COc1cc(/C=C/C(=O)NC2CC(=O)N(C)C(=O)N2C)cc(OC)c1OC. The van der Waals surface area contributed by atoms with Crippen molar-refractivity contribution in [3.8, 4) is 17.2 Å². The maximum Gasteiger partial charge on any atom is 0.327 e. The molecule has 1 atom stereocenters. The maximum absolute atomic E-state index is 12.2. The molecule has 9 heteroatoms. The van der Waals surface area contributed by atoms with Gasteiger partial charge in [-0.05, 0) is 23.8 Å². The third-order valence-corrected chi connectivity index (χ3v) is 4.22. The van der Waals surface area contributed by atoms with E-state index in [0.29, 0.717) is 22.8 Å². The number of carbonyl (C=O) groups excluding carboxylic acids is 3. The van der Waals surface area contributed by atoms with Crippen molar-refractivity contribution in [1.82, 2.24) is 15.1 Å². The number of benzene rings is 1. The fourth-order valence-electron chi connectivity index (χ4n) is 2.65. The van der Waals surface area contributed by atoms with Gasteiger partial charge in [-0.2, -0.15) is 0 Å². The van der Waals surface area contributed by atoms with Gasteiger partial charge in [0, 0.05) is 20.2 Å². The monoisotopic (exact) mass is 377 g/mol. The summed E-state index contributed by atoms with van der Waals surface area (Å²) in [5, 5.41) is 2.64. The second-order valence-corrected chi connectivity index (χ2v) is 5.87. The van der Waals surface area contributed by atoms with E-state index in [9.17, 15) is 14.4 Å². The molecule has 1 heterocycles. The van der Waals surface area contributed by atoms with Crippen molar-refractivity contribution in [3.63, 3.8) is 0 Å². The Hall–Kier alpha value is -3.23. The molecule has 1 aliphatic rings. The van der Waals surface area contributed by atoms with Crippen LogP contribution < -0.4 is 19.5 Å². The molecule has 0 bridgehead atoms. The lowest BCUT2D eigenvalue weighted by Crippen LogP contribution is -2.59. The minimum atomic E-state index is -0.696. The summed E-state index contributed by atoms with van der Waals surface area (Å²) in [6.45, 7) is 0. The topological polar surface area (TPSA) is 97.4 Å². The number of nitrogens with one attached hydrogen (secondary N) is 1. The zero-order valence-electron chi connectivity index (χ0n) is 15.9. The fraction of sp³-hybridized carbons (Fsp3) is 0.389. The van der Waals surface area contributed by atoms with Crippen LogP contribution >= 0.6 is 0 Å². The second-order valence-electron chi connectivity index (χ2n) is 5.87. The quantitative estimate of drug-likeness (QED) is 0.745. The van der Waals surface area contributed by atoms with Gasteiger partial charge < -0.3 is 24.4 Å². The van der Waals surface area contributed by atoms with Crippen LogP contribution in [0.25, 0.3) is 6.08 Å². The number of imide groups is 1. The van der Waals surface area contributed by atoms with E-state index < -0.39 is 18.1 Å². The summed E-state index contributed by atoms with van der Waals surface area (Å²) in [6.07, 6.45) is 2.20. The third-order valence-electron chi connectivity index (χ3n) is 4.22. The largest absolute Gasteiger partial charge is 0.493 e. The summed E-state index contributed by atoms with van der Waals surface area (Å²) in [5.41, 5.74) is 0.656. The number of ether oxygens (including phenoxy) is 3. The van der Waals surface area contributed by atoms with Crippen LogP contribution in [0.3, 0.4) is 0 Å². The Morgan fingerprint density at radius 3 is 2.22 bits per heavy atom. The lowest BCUT2D eigenvalue weighted by molar-refractivity contribution is -0.132. The lowest BCUT2D eigenvalue weighted by atomic mass is 10.1. The highest BCUT2D eigenvalue weighted by Crippen LogP contribution is 2.38. The smallest absolute Gasteiger partial charge is 0.327 e. The average Bonchev–Trinajstić information content (AvgIpc) is 2.67. The van der Waals surface area contributed by atoms with E-state index in [0.717, 1.165) is 4.90 Å². The van der Waals surface area contributed by atoms with Crippen LogP contribution in [0.15, 0.2) is 18.2 Å². The fourth-order valence-corrected chi connectivity index (χ4v) is 2.65. The molecule has 27 heavy (non-hydrogen) atoms. The zero-order chi connectivity index (χ0) is 20.1. The first-order valence-corrected chi connectivity index (χ1v) is 8.14. The number of amides is 4. The first-order valence-electron chi connectivity index (χ1n) is 8.14. The molecule has 0 spiro atoms. The molecule has 9 nitrogen and oxygen atoms in total. The summed E-state index contributed by atoms with van der Waals surface area (Å²) in [4.78, 5) is 38.3. The number of urea groups is 1. The Labute approximate surface area is 157 Å². The third kappa shape index (κ3) is 4.30. The predicted molar refractivity (Wildman–Crippen MR) is 97.6 cm³/mol. The van der Waals surface area contributed by atoms with Crippen LogP contribution in [0.5, 0.6) is 17.2 Å². The number of hydrogen-bond acceptors (Lipinski definition) is 6. The minimum absolute atomic E-state index is 0.0164. The first kappa shape index (κ1) is 20.1. The Balaban J connectivity index is 2.13. The summed E-state index contributed by atoms with van der Waals surface area (Å²) >= 11 is 0. The molecular formula is C18H23N3O6. The van der Waals surface area contributed by atoms with Gasteiger partial charge in [0.1, 0.15) is 6.17 Å². The molecule has 1 saturated heterocycles. The molecule has 0 aromatic heterocycles. The number of carbonyl (C=O) groups is 3. The molecule has 1 aromatic carbocycles. The van der Waals surface area contributed by atoms with E-state index in [1.54, 1.807) is 18.2 Å². The van der Waals surface area contributed by atoms with Crippen molar-refractivity contribution in [2.24, 2.45) is 0 Å². The summed E-state index contributed by atoms with van der Waals surface area (Å²) in [5.74, 6) is 0.584. The van der Waals surface area contributed by atoms with Gasteiger partial charge in [-0.15, -0.1) is 0 Å². The predicted octanol–water partition coefficient (Wildman–Crippen LogP) is 1.08. The standard InChI is InChI=1S/C18H23N3O6/c1-20-14(10-16(23)21(2)18(20)24)19-15(22)7-6-11-8-12(25-3)17(27-5)13(9-11)26-4/h6-9,14H,10H2,1-5H3,(H,19,22)/b7-6+. The van der Waals surface area contributed by atoms with E-state index in [1.807, 2.05) is 0 Å². The average molecular weight is 377 g/mol. The molecule has 0 saturated carbocycles. The van der Waals surface area contributed by atoms with Gasteiger partial charge in [-0.25, -0.2) is 4.79 Å². The van der Waals surface area contributed by atoms with E-state index in [-0.39, 0.29) is 12.3 Å². The van der Waals surface area contributed by atoms with Gasteiger partial charge in [0.2, 0.25) is 17.6 Å². The van der Waals surface area contributed by atoms with Gasteiger partial charge in [-0.1, -0.05) is 0 Å². The number of methoxy groups -OCH3 is 3. The Morgan fingerprint density at radius 2 is 1.70 bits per heavy atom. The van der Waals surface area contributed by atoms with Gasteiger partial charge >= 0.3 is 6.03 Å². The van der Waals surface area contributed by atoms with Crippen molar-refractivity contribution >= 4 is 23.9 Å². The van der Waals surface area contributed by atoms with E-state index in [1.165, 1.54) is 46.4 Å². The van der Waals surface area contributed by atoms with Gasteiger partial charge in [0.05, 0.1) is 27.8 Å². The van der Waals surface area contributed by atoms with E-state index >= 15 is 0 Å². The van der Waals surface area contributed by atoms with Crippen molar-refractivity contribution in [1.29, 1.82) is 0 Å². The Morgan fingerprint density at radius 1 is 1.11 bits per heavy atom. The second kappa shape index (κ2) is 8.43.